The van der Waals surface area contributed by atoms with Crippen LogP contribution in [-0.2, 0) is 6.54 Å². The smallest absolute Gasteiger partial charge is 0.335 e. The lowest BCUT2D eigenvalue weighted by molar-refractivity contribution is 0.0697. The summed E-state index contributed by atoms with van der Waals surface area (Å²) in [6.45, 7) is 0.510. The highest BCUT2D eigenvalue weighted by Gasteiger charge is 2.03. The van der Waals surface area contributed by atoms with Crippen molar-refractivity contribution in [3.63, 3.8) is 0 Å². The van der Waals surface area contributed by atoms with Crippen LogP contribution in [-0.4, -0.2) is 11.1 Å². The van der Waals surface area contributed by atoms with E-state index >= 15 is 0 Å². The van der Waals surface area contributed by atoms with Gasteiger partial charge in [0.25, 0.3) is 0 Å². The molecule has 0 unspecified atom stereocenters. The number of nitriles is 1. The second kappa shape index (κ2) is 5.69. The van der Waals surface area contributed by atoms with Crippen molar-refractivity contribution in [3.8, 4) is 6.07 Å². The third kappa shape index (κ3) is 3.33. The van der Waals surface area contributed by atoms with Gasteiger partial charge in [-0.15, -0.1) is 0 Å². The van der Waals surface area contributed by atoms with E-state index in [-0.39, 0.29) is 5.56 Å². The predicted molar refractivity (Wildman–Crippen MR) is 71.9 cm³/mol. The zero-order valence-electron chi connectivity index (χ0n) is 10.1. The molecule has 2 rings (SSSR count). The molecule has 0 saturated heterocycles. The largest absolute Gasteiger partial charge is 0.478 e. The molecule has 19 heavy (non-hydrogen) atoms. The number of nitrogens with one attached hydrogen (secondary N) is 1. The summed E-state index contributed by atoms with van der Waals surface area (Å²) in [6.07, 6.45) is 0. The van der Waals surface area contributed by atoms with E-state index in [1.54, 1.807) is 36.4 Å². The van der Waals surface area contributed by atoms with Crippen LogP contribution in [0, 0.1) is 11.3 Å². The lowest BCUT2D eigenvalue weighted by Gasteiger charge is -2.07. The number of anilines is 1. The highest BCUT2D eigenvalue weighted by Crippen LogP contribution is 2.12. The van der Waals surface area contributed by atoms with Crippen molar-refractivity contribution < 1.29 is 9.90 Å². The zero-order valence-corrected chi connectivity index (χ0v) is 10.1. The molecule has 0 aliphatic heterocycles. The highest BCUT2D eigenvalue weighted by atomic mass is 16.4. The van der Waals surface area contributed by atoms with Crippen LogP contribution in [0.2, 0.25) is 0 Å². The van der Waals surface area contributed by atoms with Crippen molar-refractivity contribution >= 4 is 11.7 Å². The van der Waals surface area contributed by atoms with Gasteiger partial charge in [-0.1, -0.05) is 18.2 Å². The zero-order chi connectivity index (χ0) is 13.7. The maximum Gasteiger partial charge on any atom is 0.335 e. The molecule has 0 bridgehead atoms. The lowest BCUT2D eigenvalue weighted by Crippen LogP contribution is -2.02. The van der Waals surface area contributed by atoms with Gasteiger partial charge in [-0.25, -0.2) is 4.79 Å². The van der Waals surface area contributed by atoms with Crippen LogP contribution >= 0.6 is 0 Å². The number of carboxylic acid groups (broad SMARTS) is 1. The van der Waals surface area contributed by atoms with Crippen molar-refractivity contribution in [2.24, 2.45) is 0 Å². The minimum absolute atomic E-state index is 0.269. The molecular formula is C15H12N2O2. The molecule has 0 aliphatic rings. The quantitative estimate of drug-likeness (QED) is 0.877. The summed E-state index contributed by atoms with van der Waals surface area (Å²) in [5.74, 6) is -0.937. The molecule has 0 fully saturated rings. The summed E-state index contributed by atoms with van der Waals surface area (Å²) < 4.78 is 0. The van der Waals surface area contributed by atoms with E-state index in [2.05, 4.69) is 11.4 Å². The van der Waals surface area contributed by atoms with Crippen LogP contribution < -0.4 is 5.32 Å². The van der Waals surface area contributed by atoms with E-state index in [1.807, 2.05) is 12.1 Å². The van der Waals surface area contributed by atoms with Crippen molar-refractivity contribution in [2.75, 3.05) is 5.32 Å². The monoisotopic (exact) mass is 252 g/mol. The normalized spacial score (nSPS) is 9.63. The van der Waals surface area contributed by atoms with Crippen LogP contribution in [0.1, 0.15) is 21.5 Å². The SMILES string of the molecule is N#Cc1cccc(NCc2cccc(C(=O)O)c2)c1. The Kier molecular flexibility index (Phi) is 3.79. The number of aromatic carboxylic acids is 1. The summed E-state index contributed by atoms with van der Waals surface area (Å²) in [4.78, 5) is 10.9. The number of carboxylic acids is 1. The summed E-state index contributed by atoms with van der Waals surface area (Å²) >= 11 is 0. The number of nitrogens with zero attached hydrogens (tertiary/aromatic N) is 1. The fourth-order valence-corrected chi connectivity index (χ4v) is 1.72. The first-order valence-electron chi connectivity index (χ1n) is 5.75. The second-order valence-electron chi connectivity index (χ2n) is 4.05. The van der Waals surface area contributed by atoms with Crippen LogP contribution in [0.25, 0.3) is 0 Å². The van der Waals surface area contributed by atoms with Crippen LogP contribution in [0.15, 0.2) is 48.5 Å². The van der Waals surface area contributed by atoms with Gasteiger partial charge in [0.05, 0.1) is 17.2 Å². The molecule has 0 radical (unpaired) electrons. The minimum Gasteiger partial charge on any atom is -0.478 e. The Balaban J connectivity index is 2.08. The van der Waals surface area contributed by atoms with E-state index in [0.717, 1.165) is 11.3 Å². The van der Waals surface area contributed by atoms with Gasteiger partial charge >= 0.3 is 5.97 Å². The van der Waals surface area contributed by atoms with Crippen LogP contribution in [0.3, 0.4) is 0 Å². The summed E-state index contributed by atoms with van der Waals surface area (Å²) in [6, 6.07) is 16.0. The van der Waals surface area contributed by atoms with Crippen LogP contribution in [0.5, 0.6) is 0 Å². The molecule has 2 aromatic carbocycles. The van der Waals surface area contributed by atoms with E-state index in [4.69, 9.17) is 10.4 Å². The van der Waals surface area contributed by atoms with Gasteiger partial charge in [0.15, 0.2) is 0 Å². The molecule has 4 heteroatoms. The van der Waals surface area contributed by atoms with Crippen molar-refractivity contribution in [1.29, 1.82) is 5.26 Å². The molecule has 0 aromatic heterocycles. The van der Waals surface area contributed by atoms with Gasteiger partial charge in [0.2, 0.25) is 0 Å². The molecule has 2 aromatic rings. The summed E-state index contributed by atoms with van der Waals surface area (Å²) in [5.41, 5.74) is 2.57. The maximum absolute atomic E-state index is 10.9. The number of hydrogen-bond acceptors (Lipinski definition) is 3. The minimum atomic E-state index is -0.937. The van der Waals surface area contributed by atoms with E-state index in [0.29, 0.717) is 12.1 Å². The average molecular weight is 252 g/mol. The Bertz CT molecular complexity index is 645. The Hall–Kier alpha value is -2.80. The van der Waals surface area contributed by atoms with E-state index in [9.17, 15) is 4.79 Å². The fourth-order valence-electron chi connectivity index (χ4n) is 1.72. The second-order valence-corrected chi connectivity index (χ2v) is 4.05. The molecule has 0 heterocycles. The molecule has 0 aliphatic carbocycles. The number of benzene rings is 2. The van der Waals surface area contributed by atoms with Crippen molar-refractivity contribution in [3.05, 3.63) is 65.2 Å². The molecular weight excluding hydrogens is 240 g/mol. The predicted octanol–water partition coefficient (Wildman–Crippen LogP) is 2.87. The Morgan fingerprint density at radius 2 is 2.00 bits per heavy atom. The van der Waals surface area contributed by atoms with Crippen LogP contribution in [0.4, 0.5) is 5.69 Å². The van der Waals surface area contributed by atoms with Gasteiger partial charge in [0, 0.05) is 12.2 Å². The van der Waals surface area contributed by atoms with Crippen molar-refractivity contribution in [1.82, 2.24) is 0 Å². The molecule has 0 amide bonds. The average Bonchev–Trinajstić information content (AvgIpc) is 2.45. The first-order valence-corrected chi connectivity index (χ1v) is 5.75. The third-order valence-electron chi connectivity index (χ3n) is 2.66. The van der Waals surface area contributed by atoms with Crippen molar-refractivity contribution in [2.45, 2.75) is 6.54 Å². The Morgan fingerprint density at radius 3 is 2.74 bits per heavy atom. The lowest BCUT2D eigenvalue weighted by atomic mass is 10.1. The summed E-state index contributed by atoms with van der Waals surface area (Å²) in [5, 5.41) is 20.9. The van der Waals surface area contributed by atoms with Gasteiger partial charge in [-0.05, 0) is 35.9 Å². The molecule has 0 atom stereocenters. The van der Waals surface area contributed by atoms with Gasteiger partial charge in [-0.3, -0.25) is 0 Å². The molecule has 0 spiro atoms. The first kappa shape index (κ1) is 12.7. The standard InChI is InChI=1S/C15H12N2O2/c16-9-11-3-2-6-14(8-11)17-10-12-4-1-5-13(7-12)15(18)19/h1-8,17H,10H2,(H,18,19). The number of rotatable bonds is 4. The van der Waals surface area contributed by atoms with Gasteiger partial charge in [0.1, 0.15) is 0 Å². The third-order valence-corrected chi connectivity index (χ3v) is 2.66. The first-order chi connectivity index (χ1) is 9.19. The van der Waals surface area contributed by atoms with E-state index < -0.39 is 5.97 Å². The number of hydrogen-bond donors (Lipinski definition) is 2. The van der Waals surface area contributed by atoms with E-state index in [1.165, 1.54) is 0 Å². The fraction of sp³-hybridized carbons (Fsp3) is 0.0667. The highest BCUT2D eigenvalue weighted by molar-refractivity contribution is 5.87. The Morgan fingerprint density at radius 1 is 1.21 bits per heavy atom. The van der Waals surface area contributed by atoms with Gasteiger partial charge in [-0.2, -0.15) is 5.26 Å². The Labute approximate surface area is 110 Å². The topological polar surface area (TPSA) is 73.1 Å². The molecule has 94 valence electrons. The summed E-state index contributed by atoms with van der Waals surface area (Å²) in [7, 11) is 0. The maximum atomic E-state index is 10.9. The number of carbonyl (C=O) groups is 1. The molecule has 4 nitrogen and oxygen atoms in total. The molecule has 2 N–H and O–H groups in total. The van der Waals surface area contributed by atoms with Gasteiger partial charge < -0.3 is 10.4 Å². The molecule has 0 saturated carbocycles.